The van der Waals surface area contributed by atoms with Gasteiger partial charge >= 0.3 is 0 Å². The third-order valence-corrected chi connectivity index (χ3v) is 6.15. The summed E-state index contributed by atoms with van der Waals surface area (Å²) < 4.78 is 3.62. The lowest BCUT2D eigenvalue weighted by Crippen LogP contribution is -2.42. The first-order valence-corrected chi connectivity index (χ1v) is 10.6. The molecule has 1 aromatic carbocycles. The van der Waals surface area contributed by atoms with Crippen molar-refractivity contribution >= 4 is 5.91 Å². The minimum atomic E-state index is -0.213. The molecule has 3 aromatic rings. The fraction of sp³-hybridized carbons (Fsp3) is 0.375. The number of nitrogens with zero attached hydrogens (tertiary/aromatic N) is 4. The number of amides is 1. The first-order valence-electron chi connectivity index (χ1n) is 10.6. The molecule has 1 unspecified atom stereocenters. The van der Waals surface area contributed by atoms with E-state index in [4.69, 9.17) is 0 Å². The van der Waals surface area contributed by atoms with Gasteiger partial charge < -0.3 is 9.47 Å². The lowest BCUT2D eigenvalue weighted by Gasteiger charge is -2.32. The summed E-state index contributed by atoms with van der Waals surface area (Å²) in [5, 5.41) is 4.28. The number of aromatic nitrogens is 3. The molecule has 4 rings (SSSR count). The highest BCUT2D eigenvalue weighted by Crippen LogP contribution is 2.21. The molecule has 0 bridgehead atoms. The maximum atomic E-state index is 13.3. The molecule has 6 nitrogen and oxygen atoms in total. The molecule has 1 amide bonds. The number of likely N-dealkylation sites (tertiary alicyclic amines) is 1. The Morgan fingerprint density at radius 1 is 1.10 bits per heavy atom. The molecule has 0 spiro atoms. The van der Waals surface area contributed by atoms with E-state index < -0.39 is 0 Å². The molecule has 0 radical (unpaired) electrons. The fourth-order valence-corrected chi connectivity index (χ4v) is 4.25. The van der Waals surface area contributed by atoms with E-state index in [0.29, 0.717) is 24.6 Å². The molecule has 6 heteroatoms. The number of carbonyl (C=O) groups is 1. The predicted molar refractivity (Wildman–Crippen MR) is 117 cm³/mol. The largest absolute Gasteiger partial charge is 0.338 e. The highest BCUT2D eigenvalue weighted by atomic mass is 16.2. The van der Waals surface area contributed by atoms with E-state index in [-0.39, 0.29) is 17.5 Å². The standard InChI is InChI=1S/C24H28N4O2/c1-18-9-16-28(19(2)21-7-4-3-5-8-21)24(30)22(18)23(29)26-14-10-20(11-15-26)17-27-13-6-12-25-27/h3-9,12-13,16,19-20H,10-11,14-15,17H2,1-2H3. The van der Waals surface area contributed by atoms with Crippen LogP contribution in [-0.4, -0.2) is 38.2 Å². The number of rotatable bonds is 5. The molecule has 0 saturated carbocycles. The Hall–Kier alpha value is -3.15. The molecule has 1 aliphatic heterocycles. The second-order valence-electron chi connectivity index (χ2n) is 8.14. The van der Waals surface area contributed by atoms with Crippen molar-refractivity contribution < 1.29 is 4.79 Å². The summed E-state index contributed by atoms with van der Waals surface area (Å²) in [6, 6.07) is 13.6. The molecule has 0 aliphatic carbocycles. The Balaban J connectivity index is 1.51. The van der Waals surface area contributed by atoms with Gasteiger partial charge in [-0.3, -0.25) is 14.3 Å². The van der Waals surface area contributed by atoms with Crippen LogP contribution in [-0.2, 0) is 6.54 Å². The van der Waals surface area contributed by atoms with Gasteiger partial charge in [0.05, 0.1) is 6.04 Å². The van der Waals surface area contributed by atoms with Crippen LogP contribution in [0.15, 0.2) is 65.8 Å². The van der Waals surface area contributed by atoms with Gasteiger partial charge in [-0.1, -0.05) is 30.3 Å². The maximum absolute atomic E-state index is 13.3. The molecular formula is C24H28N4O2. The highest BCUT2D eigenvalue weighted by molar-refractivity contribution is 5.95. The summed E-state index contributed by atoms with van der Waals surface area (Å²) in [6.07, 6.45) is 7.40. The minimum absolute atomic E-state index is 0.134. The third kappa shape index (κ3) is 4.08. The Morgan fingerprint density at radius 2 is 1.83 bits per heavy atom. The van der Waals surface area contributed by atoms with Gasteiger partial charge in [-0.15, -0.1) is 0 Å². The lowest BCUT2D eigenvalue weighted by molar-refractivity contribution is 0.0678. The SMILES string of the molecule is Cc1ccn(C(C)c2ccccc2)c(=O)c1C(=O)N1CCC(Cn2cccn2)CC1. The first-order chi connectivity index (χ1) is 14.5. The van der Waals surface area contributed by atoms with Gasteiger partial charge in [0.1, 0.15) is 5.56 Å². The van der Waals surface area contributed by atoms with Crippen molar-refractivity contribution in [1.29, 1.82) is 0 Å². The summed E-state index contributed by atoms with van der Waals surface area (Å²) in [6.45, 7) is 6.05. The van der Waals surface area contributed by atoms with Crippen LogP contribution in [0, 0.1) is 12.8 Å². The zero-order chi connectivity index (χ0) is 21.1. The van der Waals surface area contributed by atoms with Crippen molar-refractivity contribution in [2.24, 2.45) is 5.92 Å². The van der Waals surface area contributed by atoms with E-state index in [9.17, 15) is 9.59 Å². The van der Waals surface area contributed by atoms with Gasteiger partial charge in [0, 0.05) is 38.2 Å². The zero-order valence-electron chi connectivity index (χ0n) is 17.6. The van der Waals surface area contributed by atoms with Gasteiger partial charge in [-0.25, -0.2) is 0 Å². The van der Waals surface area contributed by atoms with Crippen molar-refractivity contribution in [2.75, 3.05) is 13.1 Å². The van der Waals surface area contributed by atoms with Gasteiger partial charge in [0.15, 0.2) is 0 Å². The van der Waals surface area contributed by atoms with Crippen LogP contribution < -0.4 is 5.56 Å². The summed E-state index contributed by atoms with van der Waals surface area (Å²) >= 11 is 0. The summed E-state index contributed by atoms with van der Waals surface area (Å²) in [4.78, 5) is 28.4. The Kier molecular flexibility index (Phi) is 5.84. The molecule has 1 aliphatic rings. The second-order valence-corrected chi connectivity index (χ2v) is 8.14. The molecule has 30 heavy (non-hydrogen) atoms. The fourth-order valence-electron chi connectivity index (χ4n) is 4.25. The molecule has 2 aromatic heterocycles. The number of hydrogen-bond donors (Lipinski definition) is 0. The van der Waals surface area contributed by atoms with Crippen LogP contribution in [0.4, 0.5) is 0 Å². The molecule has 3 heterocycles. The van der Waals surface area contributed by atoms with E-state index in [1.165, 1.54) is 0 Å². The molecule has 1 fully saturated rings. The van der Waals surface area contributed by atoms with Gasteiger partial charge in [0.2, 0.25) is 0 Å². The topological polar surface area (TPSA) is 60.1 Å². The van der Waals surface area contributed by atoms with Crippen LogP contribution >= 0.6 is 0 Å². The maximum Gasteiger partial charge on any atom is 0.264 e. The molecule has 156 valence electrons. The van der Waals surface area contributed by atoms with E-state index in [0.717, 1.165) is 30.5 Å². The second kappa shape index (κ2) is 8.69. The molecule has 0 N–H and O–H groups in total. The lowest BCUT2D eigenvalue weighted by atomic mass is 9.96. The van der Waals surface area contributed by atoms with Gasteiger partial charge in [-0.05, 0) is 55.9 Å². The average Bonchev–Trinajstić information content (AvgIpc) is 3.27. The van der Waals surface area contributed by atoms with Gasteiger partial charge in [0.25, 0.3) is 11.5 Å². The quantitative estimate of drug-likeness (QED) is 0.654. The third-order valence-electron chi connectivity index (χ3n) is 6.15. The number of aryl methyl sites for hydroxylation is 1. The number of hydrogen-bond acceptors (Lipinski definition) is 3. The minimum Gasteiger partial charge on any atom is -0.338 e. The molecular weight excluding hydrogens is 376 g/mol. The summed E-state index contributed by atoms with van der Waals surface area (Å²) in [5.41, 5.74) is 1.86. The summed E-state index contributed by atoms with van der Waals surface area (Å²) in [7, 11) is 0. The van der Waals surface area contributed by atoms with Gasteiger partial charge in [-0.2, -0.15) is 5.10 Å². The Morgan fingerprint density at radius 3 is 2.50 bits per heavy atom. The van der Waals surface area contributed by atoms with E-state index in [1.807, 2.05) is 72.1 Å². The highest BCUT2D eigenvalue weighted by Gasteiger charge is 2.27. The van der Waals surface area contributed by atoms with E-state index in [1.54, 1.807) is 17.0 Å². The summed E-state index contributed by atoms with van der Waals surface area (Å²) in [5.74, 6) is 0.352. The van der Waals surface area contributed by atoms with Crippen LogP contribution in [0.3, 0.4) is 0 Å². The monoisotopic (exact) mass is 404 g/mol. The molecule has 1 atom stereocenters. The normalized spacial score (nSPS) is 15.9. The average molecular weight is 405 g/mol. The number of carbonyl (C=O) groups excluding carboxylic acids is 1. The van der Waals surface area contributed by atoms with Crippen molar-refractivity contribution in [2.45, 2.75) is 39.3 Å². The predicted octanol–water partition coefficient (Wildman–Crippen LogP) is 3.51. The molecule has 1 saturated heterocycles. The zero-order valence-corrected chi connectivity index (χ0v) is 17.6. The van der Waals surface area contributed by atoms with E-state index >= 15 is 0 Å². The van der Waals surface area contributed by atoms with Crippen LogP contribution in [0.25, 0.3) is 0 Å². The van der Waals surface area contributed by atoms with Crippen molar-refractivity contribution in [3.8, 4) is 0 Å². The van der Waals surface area contributed by atoms with Crippen molar-refractivity contribution in [1.82, 2.24) is 19.2 Å². The number of benzene rings is 1. The van der Waals surface area contributed by atoms with Crippen molar-refractivity contribution in [3.63, 3.8) is 0 Å². The number of piperidine rings is 1. The van der Waals surface area contributed by atoms with E-state index in [2.05, 4.69) is 5.10 Å². The van der Waals surface area contributed by atoms with Crippen LogP contribution in [0.1, 0.15) is 47.3 Å². The Bertz CT molecular complexity index is 1050. The van der Waals surface area contributed by atoms with Crippen LogP contribution in [0.5, 0.6) is 0 Å². The Labute approximate surface area is 176 Å². The smallest absolute Gasteiger partial charge is 0.264 e. The number of pyridine rings is 1. The van der Waals surface area contributed by atoms with Crippen LogP contribution in [0.2, 0.25) is 0 Å². The van der Waals surface area contributed by atoms with Crippen molar-refractivity contribution in [3.05, 3.63) is 88.1 Å². The first kappa shape index (κ1) is 20.1.